The summed E-state index contributed by atoms with van der Waals surface area (Å²) in [5.41, 5.74) is 1.23. The van der Waals surface area contributed by atoms with Crippen LogP contribution in [0, 0.1) is 6.92 Å². The van der Waals surface area contributed by atoms with Crippen LogP contribution in [0.2, 0.25) is 0 Å². The van der Waals surface area contributed by atoms with Crippen molar-refractivity contribution >= 4 is 12.6 Å². The number of hydrogen-bond acceptors (Lipinski definition) is 1. The zero-order valence-electron chi connectivity index (χ0n) is 5.03. The molecule has 52 valence electrons. The molecule has 0 aliphatic heterocycles. The van der Waals surface area contributed by atoms with Crippen molar-refractivity contribution in [3.05, 3.63) is 29.8 Å². The van der Waals surface area contributed by atoms with Crippen LogP contribution in [0.25, 0.3) is 0 Å². The first-order valence-electron chi connectivity index (χ1n) is 2.53. The maximum Gasteiger partial charge on any atom is 0 e. The van der Waals surface area contributed by atoms with E-state index in [0.29, 0.717) is 0 Å². The van der Waals surface area contributed by atoms with Gasteiger partial charge in [-0.2, -0.15) is 4.90 Å². The van der Waals surface area contributed by atoms with Crippen molar-refractivity contribution in [3.8, 4) is 0 Å². The van der Waals surface area contributed by atoms with Gasteiger partial charge in [0.2, 0.25) is 0 Å². The minimum atomic E-state index is 0. The third-order valence-corrected chi connectivity index (χ3v) is 1.24. The summed E-state index contributed by atoms with van der Waals surface area (Å²) in [6, 6.07) is 7.91. The number of aryl methyl sites for hydroxylation is 1. The van der Waals surface area contributed by atoms with Crippen molar-refractivity contribution in [1.82, 2.24) is 0 Å². The fraction of sp³-hybridized carbons (Fsp3) is 0.143. The molecule has 2 heteroatoms. The molecule has 0 saturated carbocycles. The molecule has 1 rings (SSSR count). The molecule has 0 bridgehead atoms. The Balaban J connectivity index is 0.000000640. The molecule has 0 aromatic heterocycles. The predicted octanol–water partition coefficient (Wildman–Crippen LogP) is 1.90. The second-order valence-corrected chi connectivity index (χ2v) is 2.29. The third kappa shape index (κ3) is 2.83. The Bertz CT molecular complexity index is 169. The molecule has 0 amide bonds. The summed E-state index contributed by atoms with van der Waals surface area (Å²) in [5, 5.41) is 0. The molecular formula is C7H7NiS-. The second-order valence-electron chi connectivity index (χ2n) is 1.82. The van der Waals surface area contributed by atoms with Gasteiger partial charge in [-0.05, 0) is 6.92 Å². The fourth-order valence-electron chi connectivity index (χ4n) is 0.615. The van der Waals surface area contributed by atoms with Crippen LogP contribution in [0.4, 0.5) is 0 Å². The molecule has 0 aliphatic carbocycles. The van der Waals surface area contributed by atoms with Gasteiger partial charge in [0, 0.05) is 16.5 Å². The van der Waals surface area contributed by atoms with Gasteiger partial charge in [-0.15, -0.1) is 0 Å². The van der Waals surface area contributed by atoms with E-state index < -0.39 is 0 Å². The summed E-state index contributed by atoms with van der Waals surface area (Å²) in [4.78, 5) is 0.921. The topological polar surface area (TPSA) is 0 Å². The van der Waals surface area contributed by atoms with Gasteiger partial charge >= 0.3 is 0 Å². The van der Waals surface area contributed by atoms with Crippen LogP contribution in [0.1, 0.15) is 5.56 Å². The van der Waals surface area contributed by atoms with Crippen molar-refractivity contribution in [3.63, 3.8) is 0 Å². The normalized spacial score (nSPS) is 8.11. The zero-order chi connectivity index (χ0) is 5.98. The molecule has 0 radical (unpaired) electrons. The van der Waals surface area contributed by atoms with Crippen LogP contribution in [0.5, 0.6) is 0 Å². The van der Waals surface area contributed by atoms with Gasteiger partial charge in [0.1, 0.15) is 0 Å². The van der Waals surface area contributed by atoms with Gasteiger partial charge in [0.25, 0.3) is 0 Å². The number of benzene rings is 1. The van der Waals surface area contributed by atoms with Crippen LogP contribution in [0.15, 0.2) is 29.2 Å². The van der Waals surface area contributed by atoms with Crippen LogP contribution >= 0.6 is 0 Å². The van der Waals surface area contributed by atoms with E-state index in [4.69, 9.17) is 12.6 Å². The van der Waals surface area contributed by atoms with Crippen LogP contribution in [-0.2, 0) is 29.1 Å². The SMILES string of the molecule is Cc1cccc([S-])c1.[Ni]. The van der Waals surface area contributed by atoms with E-state index in [1.807, 2.05) is 31.2 Å². The Morgan fingerprint density at radius 3 is 2.33 bits per heavy atom. The molecule has 0 nitrogen and oxygen atoms in total. The van der Waals surface area contributed by atoms with Gasteiger partial charge in [-0.3, -0.25) is 0 Å². The molecular weight excluding hydrogens is 175 g/mol. The third-order valence-electron chi connectivity index (χ3n) is 0.990. The smallest absolute Gasteiger partial charge is 0 e. The van der Waals surface area contributed by atoms with Crippen molar-refractivity contribution in [1.29, 1.82) is 0 Å². The Morgan fingerprint density at radius 1 is 1.33 bits per heavy atom. The van der Waals surface area contributed by atoms with Crippen LogP contribution in [-0.4, -0.2) is 0 Å². The van der Waals surface area contributed by atoms with Crippen molar-refractivity contribution in [2.45, 2.75) is 11.8 Å². The second kappa shape index (κ2) is 3.87. The largest absolute Gasteiger partial charge is 0.780 e. The molecule has 9 heavy (non-hydrogen) atoms. The summed E-state index contributed by atoms with van der Waals surface area (Å²) in [6.07, 6.45) is 0. The molecule has 0 unspecified atom stereocenters. The van der Waals surface area contributed by atoms with Gasteiger partial charge < -0.3 is 12.6 Å². The monoisotopic (exact) mass is 181 g/mol. The molecule has 1 aromatic carbocycles. The van der Waals surface area contributed by atoms with E-state index in [1.165, 1.54) is 5.56 Å². The number of hydrogen-bond donors (Lipinski definition) is 0. The first-order chi connectivity index (χ1) is 3.79. The van der Waals surface area contributed by atoms with Crippen molar-refractivity contribution in [2.24, 2.45) is 0 Å². The maximum atomic E-state index is 4.90. The van der Waals surface area contributed by atoms with Crippen molar-refractivity contribution in [2.75, 3.05) is 0 Å². The molecule has 0 fully saturated rings. The molecule has 0 saturated heterocycles. The number of rotatable bonds is 0. The van der Waals surface area contributed by atoms with Gasteiger partial charge in [0.05, 0.1) is 0 Å². The Kier molecular flexibility index (Phi) is 3.84. The van der Waals surface area contributed by atoms with E-state index in [-0.39, 0.29) is 16.5 Å². The maximum absolute atomic E-state index is 4.90. The summed E-state index contributed by atoms with van der Waals surface area (Å²) in [7, 11) is 0. The quantitative estimate of drug-likeness (QED) is 0.436. The standard InChI is InChI=1S/C7H8S.Ni/c1-6-3-2-4-7(8)5-6;/h2-5,8H,1H3;/p-1. The minimum absolute atomic E-state index is 0. The average molecular weight is 182 g/mol. The van der Waals surface area contributed by atoms with Gasteiger partial charge in [-0.25, -0.2) is 0 Å². The summed E-state index contributed by atoms with van der Waals surface area (Å²) in [6.45, 7) is 2.04. The summed E-state index contributed by atoms with van der Waals surface area (Å²) in [5.74, 6) is 0. The Morgan fingerprint density at radius 2 is 2.00 bits per heavy atom. The Hall–Kier alpha value is -0.0665. The zero-order valence-corrected chi connectivity index (χ0v) is 6.84. The van der Waals surface area contributed by atoms with E-state index in [0.717, 1.165) is 4.90 Å². The average Bonchev–Trinajstić information content (AvgIpc) is 1.64. The molecule has 0 spiro atoms. The summed E-state index contributed by atoms with van der Waals surface area (Å²) < 4.78 is 0. The van der Waals surface area contributed by atoms with E-state index >= 15 is 0 Å². The molecule has 0 N–H and O–H groups in total. The van der Waals surface area contributed by atoms with Crippen LogP contribution < -0.4 is 0 Å². The van der Waals surface area contributed by atoms with Gasteiger partial charge in [0.15, 0.2) is 0 Å². The first kappa shape index (κ1) is 8.93. The molecule has 0 aliphatic rings. The molecule has 1 aromatic rings. The minimum Gasteiger partial charge on any atom is -0.780 e. The predicted molar refractivity (Wildman–Crippen MR) is 36.8 cm³/mol. The Labute approximate surface area is 71.0 Å². The molecule has 0 atom stereocenters. The van der Waals surface area contributed by atoms with E-state index in [2.05, 4.69) is 0 Å². The van der Waals surface area contributed by atoms with E-state index in [1.54, 1.807) is 0 Å². The fourth-order valence-corrected chi connectivity index (χ4v) is 0.880. The first-order valence-corrected chi connectivity index (χ1v) is 2.93. The molecule has 0 heterocycles. The van der Waals surface area contributed by atoms with Gasteiger partial charge in [-0.1, -0.05) is 29.8 Å². The van der Waals surface area contributed by atoms with Crippen LogP contribution in [0.3, 0.4) is 0 Å². The van der Waals surface area contributed by atoms with Crippen molar-refractivity contribution < 1.29 is 16.5 Å². The van der Waals surface area contributed by atoms with E-state index in [9.17, 15) is 0 Å². The summed E-state index contributed by atoms with van der Waals surface area (Å²) >= 11 is 4.90.